The number of amides is 1. The number of aromatic nitrogens is 2. The number of H-pyrrole nitrogens is 1. The van der Waals surface area contributed by atoms with Crippen molar-refractivity contribution in [3.05, 3.63) is 70.1 Å². The molecule has 2 N–H and O–H groups in total. The van der Waals surface area contributed by atoms with Gasteiger partial charge in [-0.1, -0.05) is 18.2 Å². The lowest BCUT2D eigenvalue weighted by atomic mass is 10.1. The monoisotopic (exact) mass is 373 g/mol. The van der Waals surface area contributed by atoms with Gasteiger partial charge in [-0.2, -0.15) is 5.10 Å². The van der Waals surface area contributed by atoms with Gasteiger partial charge in [0.15, 0.2) is 11.8 Å². The van der Waals surface area contributed by atoms with Gasteiger partial charge in [0.25, 0.3) is 11.5 Å². The van der Waals surface area contributed by atoms with Crippen LogP contribution in [0.2, 0.25) is 0 Å². The van der Waals surface area contributed by atoms with Crippen LogP contribution in [0.1, 0.15) is 17.4 Å². The number of anilines is 1. The number of hydrogen-bond donors (Lipinski definition) is 2. The van der Waals surface area contributed by atoms with E-state index in [2.05, 4.69) is 15.5 Å². The van der Waals surface area contributed by atoms with Gasteiger partial charge in [0.1, 0.15) is 11.6 Å². The zero-order chi connectivity index (χ0) is 19.6. The number of nitrogens with zero attached hydrogens (tertiary/aromatic N) is 1. The van der Waals surface area contributed by atoms with Crippen LogP contribution in [-0.2, 0) is 9.53 Å². The molecule has 0 aliphatic rings. The minimum absolute atomic E-state index is 0.179. The highest BCUT2D eigenvalue weighted by Gasteiger charge is 2.23. The summed E-state index contributed by atoms with van der Waals surface area (Å²) in [4.78, 5) is 36.2. The van der Waals surface area contributed by atoms with Crippen LogP contribution in [0.25, 0.3) is 10.8 Å². The van der Waals surface area contributed by atoms with Gasteiger partial charge < -0.3 is 10.1 Å². The Morgan fingerprint density at radius 3 is 2.59 bits per heavy atom. The van der Waals surface area contributed by atoms with Crippen LogP contribution in [0.4, 0.5) is 14.5 Å². The van der Waals surface area contributed by atoms with Gasteiger partial charge in [-0.25, -0.2) is 18.7 Å². The maximum atomic E-state index is 13.6. The topological polar surface area (TPSA) is 101 Å². The third kappa shape index (κ3) is 3.81. The lowest BCUT2D eigenvalue weighted by Gasteiger charge is -2.14. The molecule has 0 saturated heterocycles. The fraction of sp³-hybridized carbons (Fsp3) is 0.111. The molecule has 0 saturated carbocycles. The molecule has 0 radical (unpaired) electrons. The van der Waals surface area contributed by atoms with Crippen LogP contribution < -0.4 is 10.9 Å². The van der Waals surface area contributed by atoms with Crippen LogP contribution >= 0.6 is 0 Å². The van der Waals surface area contributed by atoms with Gasteiger partial charge in [-0.05, 0) is 25.1 Å². The molecule has 0 fully saturated rings. The molecule has 1 atom stereocenters. The predicted molar refractivity (Wildman–Crippen MR) is 92.2 cm³/mol. The number of nitrogens with one attached hydrogen (secondary N) is 2. The normalized spacial score (nSPS) is 11.8. The molecule has 27 heavy (non-hydrogen) atoms. The van der Waals surface area contributed by atoms with Crippen molar-refractivity contribution >= 4 is 28.3 Å². The van der Waals surface area contributed by atoms with Crippen molar-refractivity contribution in [2.75, 3.05) is 5.32 Å². The highest BCUT2D eigenvalue weighted by Crippen LogP contribution is 2.17. The number of esters is 1. The van der Waals surface area contributed by atoms with E-state index >= 15 is 0 Å². The molecule has 0 aliphatic carbocycles. The van der Waals surface area contributed by atoms with Crippen LogP contribution in [0.3, 0.4) is 0 Å². The fourth-order valence-corrected chi connectivity index (χ4v) is 2.37. The summed E-state index contributed by atoms with van der Waals surface area (Å²) in [7, 11) is 0. The van der Waals surface area contributed by atoms with E-state index in [9.17, 15) is 23.2 Å². The van der Waals surface area contributed by atoms with Crippen molar-refractivity contribution in [2.45, 2.75) is 13.0 Å². The zero-order valence-corrected chi connectivity index (χ0v) is 14.0. The van der Waals surface area contributed by atoms with E-state index in [-0.39, 0.29) is 22.2 Å². The number of fused-ring (bicyclic) bond motifs is 1. The van der Waals surface area contributed by atoms with Crippen molar-refractivity contribution in [3.63, 3.8) is 0 Å². The molecule has 0 aliphatic heterocycles. The predicted octanol–water partition coefficient (Wildman–Crippen LogP) is 2.39. The summed E-state index contributed by atoms with van der Waals surface area (Å²) in [6, 6.07) is 8.83. The molecular weight excluding hydrogens is 360 g/mol. The second-order valence-electron chi connectivity index (χ2n) is 5.61. The Labute approximate surface area is 151 Å². The van der Waals surface area contributed by atoms with Crippen molar-refractivity contribution in [3.8, 4) is 0 Å². The first-order chi connectivity index (χ1) is 12.9. The van der Waals surface area contributed by atoms with Crippen LogP contribution in [0.15, 0.2) is 47.3 Å². The first-order valence-electron chi connectivity index (χ1n) is 7.81. The molecule has 1 heterocycles. The Hall–Kier alpha value is -3.62. The maximum absolute atomic E-state index is 13.6. The molecular formula is C18H13F2N3O4. The SMILES string of the molecule is CC(OC(=O)c1n[nH]c(=O)c2ccccc12)C(=O)Nc1cc(F)ccc1F. The largest absolute Gasteiger partial charge is 0.448 e. The molecule has 0 spiro atoms. The quantitative estimate of drug-likeness (QED) is 0.684. The first kappa shape index (κ1) is 18.2. The molecule has 3 rings (SSSR count). The van der Waals surface area contributed by atoms with E-state index < -0.39 is 35.2 Å². The van der Waals surface area contributed by atoms with E-state index in [1.165, 1.54) is 19.1 Å². The molecule has 1 aromatic heterocycles. The molecule has 7 nitrogen and oxygen atoms in total. The van der Waals surface area contributed by atoms with Crippen molar-refractivity contribution in [2.24, 2.45) is 0 Å². The lowest BCUT2D eigenvalue weighted by Crippen LogP contribution is -2.31. The van der Waals surface area contributed by atoms with Gasteiger partial charge in [-0.3, -0.25) is 9.59 Å². The summed E-state index contributed by atoms with van der Waals surface area (Å²) in [6.45, 7) is 1.26. The third-order valence-corrected chi connectivity index (χ3v) is 3.73. The standard InChI is InChI=1S/C18H13F2N3O4/c1-9(16(24)21-14-8-10(19)6-7-13(14)20)27-18(26)15-11-4-2-3-5-12(11)17(25)23-22-15/h2-9H,1H3,(H,21,24)(H,23,25). The highest BCUT2D eigenvalue weighted by atomic mass is 19.1. The first-order valence-corrected chi connectivity index (χ1v) is 7.81. The van der Waals surface area contributed by atoms with E-state index in [4.69, 9.17) is 4.74 Å². The number of halogens is 2. The second-order valence-corrected chi connectivity index (χ2v) is 5.61. The molecule has 3 aromatic rings. The molecule has 138 valence electrons. The summed E-state index contributed by atoms with van der Waals surface area (Å²) in [5.74, 6) is -3.39. The molecule has 2 aromatic carbocycles. The van der Waals surface area contributed by atoms with Crippen LogP contribution in [0.5, 0.6) is 0 Å². The van der Waals surface area contributed by atoms with Gasteiger partial charge >= 0.3 is 5.97 Å². The van der Waals surface area contributed by atoms with Gasteiger partial charge in [-0.15, -0.1) is 0 Å². The van der Waals surface area contributed by atoms with Gasteiger partial charge in [0.2, 0.25) is 0 Å². The van der Waals surface area contributed by atoms with Gasteiger partial charge in [0, 0.05) is 11.5 Å². The van der Waals surface area contributed by atoms with Crippen molar-refractivity contribution in [1.29, 1.82) is 0 Å². The van der Waals surface area contributed by atoms with E-state index in [1.807, 2.05) is 0 Å². The number of hydrogen-bond acceptors (Lipinski definition) is 5. The smallest absolute Gasteiger partial charge is 0.360 e. The van der Waals surface area contributed by atoms with E-state index in [0.29, 0.717) is 0 Å². The number of ether oxygens (including phenoxy) is 1. The average molecular weight is 373 g/mol. The van der Waals surface area contributed by atoms with Crippen LogP contribution in [-0.4, -0.2) is 28.2 Å². The molecule has 0 bridgehead atoms. The van der Waals surface area contributed by atoms with Gasteiger partial charge in [0.05, 0.1) is 11.1 Å². The number of carbonyl (C=O) groups is 2. The number of rotatable bonds is 4. The molecule has 1 amide bonds. The Kier molecular flexibility index (Phi) is 4.93. The summed E-state index contributed by atoms with van der Waals surface area (Å²) in [5, 5.41) is 8.50. The summed E-state index contributed by atoms with van der Waals surface area (Å²) in [5.41, 5.74) is -1.04. The van der Waals surface area contributed by atoms with E-state index in [0.717, 1.165) is 18.2 Å². The number of benzene rings is 2. The average Bonchev–Trinajstić information content (AvgIpc) is 2.65. The highest BCUT2D eigenvalue weighted by molar-refractivity contribution is 6.03. The summed E-state index contributed by atoms with van der Waals surface area (Å²) >= 11 is 0. The van der Waals surface area contributed by atoms with E-state index in [1.54, 1.807) is 12.1 Å². The summed E-state index contributed by atoms with van der Waals surface area (Å²) in [6.07, 6.45) is -1.33. The molecule has 9 heteroatoms. The minimum atomic E-state index is -1.33. The third-order valence-electron chi connectivity index (χ3n) is 3.73. The van der Waals surface area contributed by atoms with Crippen molar-refractivity contribution in [1.82, 2.24) is 10.2 Å². The lowest BCUT2D eigenvalue weighted by molar-refractivity contribution is -0.123. The Morgan fingerprint density at radius 2 is 1.85 bits per heavy atom. The number of carbonyl (C=O) groups excluding carboxylic acids is 2. The minimum Gasteiger partial charge on any atom is -0.448 e. The Bertz CT molecular complexity index is 1100. The summed E-state index contributed by atoms with van der Waals surface area (Å²) < 4.78 is 31.8. The van der Waals surface area contributed by atoms with Crippen molar-refractivity contribution < 1.29 is 23.1 Å². The Morgan fingerprint density at radius 1 is 1.15 bits per heavy atom. The zero-order valence-electron chi connectivity index (χ0n) is 14.0. The van der Waals surface area contributed by atoms with Crippen LogP contribution in [0, 0.1) is 11.6 Å². The Balaban J connectivity index is 1.78. The number of aromatic amines is 1. The molecule has 1 unspecified atom stereocenters. The maximum Gasteiger partial charge on any atom is 0.360 e. The second kappa shape index (κ2) is 7.32. The fourth-order valence-electron chi connectivity index (χ4n) is 2.37.